The molecule has 0 saturated carbocycles. The summed E-state index contributed by atoms with van der Waals surface area (Å²) in [6.07, 6.45) is 4.71. The van der Waals surface area contributed by atoms with E-state index in [1.54, 1.807) is 11.3 Å². The predicted molar refractivity (Wildman–Crippen MR) is 147 cm³/mol. The molecule has 1 aromatic heterocycles. The highest BCUT2D eigenvalue weighted by Crippen LogP contribution is 2.46. The number of hydrogen-bond donors (Lipinski definition) is 3. The summed E-state index contributed by atoms with van der Waals surface area (Å²) in [6.45, 7) is 0.396. The first-order chi connectivity index (χ1) is 17.0. The summed E-state index contributed by atoms with van der Waals surface area (Å²) in [5, 5.41) is 1.87. The first-order valence-electron chi connectivity index (χ1n) is 11.1. The molecule has 0 radical (unpaired) electrons. The molecular weight excluding hydrogens is 541 g/mol. The lowest BCUT2D eigenvalue weighted by atomic mass is 10.1. The summed E-state index contributed by atoms with van der Waals surface area (Å²) >= 11 is 3.09. The number of nitrogens with two attached hydrogens (primary N) is 1. The Kier molecular flexibility index (Phi) is 8.12. The van der Waals surface area contributed by atoms with Crippen molar-refractivity contribution in [3.63, 3.8) is 0 Å². The molecule has 1 aliphatic rings. The minimum atomic E-state index is -4.05. The molecule has 0 spiro atoms. The van der Waals surface area contributed by atoms with Crippen molar-refractivity contribution in [2.45, 2.75) is 24.2 Å². The Bertz CT molecular complexity index is 1540. The van der Waals surface area contributed by atoms with Crippen LogP contribution in [-0.2, 0) is 26.7 Å². The van der Waals surface area contributed by atoms with Crippen molar-refractivity contribution in [3.05, 3.63) is 75.8 Å². The van der Waals surface area contributed by atoms with Crippen molar-refractivity contribution in [1.82, 2.24) is 0 Å². The van der Waals surface area contributed by atoms with E-state index in [9.17, 15) is 16.8 Å². The molecule has 0 amide bonds. The van der Waals surface area contributed by atoms with E-state index in [-0.39, 0.29) is 24.3 Å². The Morgan fingerprint density at radius 2 is 1.61 bits per heavy atom. The van der Waals surface area contributed by atoms with Gasteiger partial charge in [-0.05, 0) is 60.6 Å². The van der Waals surface area contributed by atoms with Crippen molar-refractivity contribution in [2.24, 2.45) is 5.73 Å². The van der Waals surface area contributed by atoms with Crippen molar-refractivity contribution in [3.8, 4) is 0 Å². The maximum absolute atomic E-state index is 11.2. The first kappa shape index (κ1) is 26.7. The summed E-state index contributed by atoms with van der Waals surface area (Å²) in [5.41, 5.74) is 8.87. The third kappa shape index (κ3) is 6.90. The number of fused-ring (bicyclic) bond motifs is 2. The number of hydrogen-bond acceptors (Lipinski definition) is 8. The molecule has 4 N–H and O–H groups in total. The van der Waals surface area contributed by atoms with Gasteiger partial charge in [-0.1, -0.05) is 42.1 Å². The number of anilines is 1. The average Bonchev–Trinajstić information content (AvgIpc) is 3.30. The fourth-order valence-electron chi connectivity index (χ4n) is 4.06. The predicted octanol–water partition coefficient (Wildman–Crippen LogP) is 4.75. The molecule has 0 fully saturated rings. The van der Waals surface area contributed by atoms with Crippen LogP contribution in [0.5, 0.6) is 0 Å². The van der Waals surface area contributed by atoms with Crippen LogP contribution in [-0.4, -0.2) is 44.0 Å². The Labute approximate surface area is 219 Å². The molecule has 192 valence electrons. The molecule has 12 heteroatoms. The Balaban J connectivity index is 1.63. The van der Waals surface area contributed by atoms with Crippen LogP contribution >= 0.6 is 23.1 Å². The number of para-hydroxylation sites is 1. The van der Waals surface area contributed by atoms with Gasteiger partial charge in [0.25, 0.3) is 20.2 Å². The van der Waals surface area contributed by atoms with Crippen LogP contribution in [0, 0.1) is 0 Å². The molecular formula is C24H26N2O6S4. The van der Waals surface area contributed by atoms with Crippen LogP contribution in [0.25, 0.3) is 16.2 Å². The lowest BCUT2D eigenvalue weighted by Gasteiger charge is -2.20. The molecule has 0 saturated heterocycles. The summed E-state index contributed by atoms with van der Waals surface area (Å²) in [7, 11) is -8.09. The van der Waals surface area contributed by atoms with E-state index in [2.05, 4.69) is 0 Å². The number of thioether (sulfide) groups is 1. The lowest BCUT2D eigenvalue weighted by Crippen LogP contribution is -2.22. The number of thiophene rings is 1. The maximum atomic E-state index is 11.2. The van der Waals surface area contributed by atoms with Crippen molar-refractivity contribution >= 4 is 65.2 Å². The van der Waals surface area contributed by atoms with Crippen LogP contribution in [0.2, 0.25) is 0 Å². The van der Waals surface area contributed by atoms with Crippen LogP contribution in [0.1, 0.15) is 23.3 Å². The number of nitrogens with zero attached hydrogens (tertiary/aromatic N) is 1. The van der Waals surface area contributed by atoms with Crippen LogP contribution in [0.3, 0.4) is 0 Å². The number of benzene rings is 2. The van der Waals surface area contributed by atoms with Gasteiger partial charge in [0.1, 0.15) is 0 Å². The van der Waals surface area contributed by atoms with Crippen molar-refractivity contribution < 1.29 is 25.9 Å². The van der Waals surface area contributed by atoms with Gasteiger partial charge in [-0.15, -0.1) is 11.3 Å². The third-order valence-electron chi connectivity index (χ3n) is 5.57. The smallest absolute Gasteiger partial charge is 0.264 e. The van der Waals surface area contributed by atoms with E-state index < -0.39 is 20.2 Å². The van der Waals surface area contributed by atoms with Crippen molar-refractivity contribution in [1.29, 1.82) is 0 Å². The van der Waals surface area contributed by atoms with E-state index in [0.717, 1.165) is 36.1 Å². The molecule has 0 unspecified atom stereocenters. The molecule has 0 bridgehead atoms. The second kappa shape index (κ2) is 11.0. The molecule has 8 nitrogen and oxygen atoms in total. The van der Waals surface area contributed by atoms with Gasteiger partial charge in [0.2, 0.25) is 0 Å². The minimum absolute atomic E-state index is 0.253. The Morgan fingerprint density at radius 1 is 0.944 bits per heavy atom. The van der Waals surface area contributed by atoms with Gasteiger partial charge in [0.05, 0.1) is 22.2 Å². The van der Waals surface area contributed by atoms with Gasteiger partial charge in [-0.2, -0.15) is 16.8 Å². The zero-order chi connectivity index (χ0) is 25.9. The van der Waals surface area contributed by atoms with Gasteiger partial charge < -0.3 is 10.6 Å². The van der Waals surface area contributed by atoms with Gasteiger partial charge in [0.15, 0.2) is 0 Å². The van der Waals surface area contributed by atoms with Gasteiger partial charge in [-0.3, -0.25) is 9.11 Å². The molecule has 4 rings (SSSR count). The summed E-state index contributed by atoms with van der Waals surface area (Å²) in [5.74, 6) is -0.642. The zero-order valence-corrected chi connectivity index (χ0v) is 22.5. The number of rotatable bonds is 10. The summed E-state index contributed by atoms with van der Waals surface area (Å²) < 4.78 is 64.1. The summed E-state index contributed by atoms with van der Waals surface area (Å²) in [4.78, 5) is 3.93. The molecule has 0 aliphatic carbocycles. The Morgan fingerprint density at radius 3 is 2.36 bits per heavy atom. The average molecular weight is 567 g/mol. The standard InChI is InChI=1S/C24H26N2O6S4/c25-17(15-23-19(8-5-13-35(27,28)29)18-7-1-3-10-21(18)33-23)16-24-26(12-6-14-36(30,31)32)20-9-2-4-11-22(20)34-24/h1-4,7,9-11,15-16H,5-6,8,12-14,25H2,(H,27,28,29)(H,30,31,32)/b17-15-,24-16-. The quantitative estimate of drug-likeness (QED) is 0.297. The monoisotopic (exact) mass is 566 g/mol. The van der Waals surface area contributed by atoms with E-state index >= 15 is 0 Å². The maximum Gasteiger partial charge on any atom is 0.264 e. The molecule has 0 atom stereocenters. The largest absolute Gasteiger partial charge is 0.399 e. The Hall–Kier alpha value is -2.35. The van der Waals surface area contributed by atoms with Crippen LogP contribution in [0.15, 0.2) is 70.2 Å². The first-order valence-corrected chi connectivity index (χ1v) is 16.0. The lowest BCUT2D eigenvalue weighted by molar-refractivity contribution is 0.479. The topological polar surface area (TPSA) is 138 Å². The van der Waals surface area contributed by atoms with Gasteiger partial charge >= 0.3 is 0 Å². The molecule has 36 heavy (non-hydrogen) atoms. The fourth-order valence-corrected chi connectivity index (χ4v) is 7.42. The normalized spacial score (nSPS) is 15.7. The highest BCUT2D eigenvalue weighted by molar-refractivity contribution is 8.03. The molecule has 3 aromatic rings. The number of allylic oxidation sites excluding steroid dienone is 1. The van der Waals surface area contributed by atoms with Gasteiger partial charge in [0, 0.05) is 26.7 Å². The molecule has 1 aliphatic heterocycles. The highest BCUT2D eigenvalue weighted by atomic mass is 32.2. The number of aryl methyl sites for hydroxylation is 1. The van der Waals surface area contributed by atoms with Crippen molar-refractivity contribution in [2.75, 3.05) is 23.0 Å². The van der Waals surface area contributed by atoms with E-state index in [4.69, 9.17) is 14.8 Å². The fraction of sp³-hybridized carbons (Fsp3) is 0.250. The van der Waals surface area contributed by atoms with E-state index in [0.29, 0.717) is 18.7 Å². The minimum Gasteiger partial charge on any atom is -0.399 e. The zero-order valence-electron chi connectivity index (χ0n) is 19.2. The van der Waals surface area contributed by atoms with E-state index in [1.165, 1.54) is 11.8 Å². The third-order valence-corrected chi connectivity index (χ3v) is 9.45. The highest BCUT2D eigenvalue weighted by Gasteiger charge is 2.25. The van der Waals surface area contributed by atoms with Gasteiger partial charge in [-0.25, -0.2) is 0 Å². The van der Waals surface area contributed by atoms with E-state index in [1.807, 2.05) is 65.6 Å². The van der Waals surface area contributed by atoms with Crippen LogP contribution < -0.4 is 10.6 Å². The second-order valence-corrected chi connectivity index (χ2v) is 13.6. The summed E-state index contributed by atoms with van der Waals surface area (Å²) in [6, 6.07) is 15.6. The SMILES string of the molecule is NC(=C\c1sc2ccccc2c1CCCS(=O)(=O)O)/C=C1\Sc2ccccc2N1CCCS(=O)(=O)O. The van der Waals surface area contributed by atoms with Crippen LogP contribution in [0.4, 0.5) is 5.69 Å². The second-order valence-electron chi connectivity index (χ2n) is 8.32. The molecule has 2 aromatic carbocycles. The molecule has 2 heterocycles.